The second kappa shape index (κ2) is 9.73. The standard InChI is InChI=1S/C19H29N5OS/c1-13(2)12-24-16(22-23-19(24)26-4)6-5-11-21-18(25)17(20)15-9-7-14(3)8-10-15/h7-10,13,17H,5-6,11-12,20H2,1-4H3,(H,21,25). The van der Waals surface area contributed by atoms with Crippen LogP contribution in [0.4, 0.5) is 0 Å². The molecular formula is C19H29N5OS. The van der Waals surface area contributed by atoms with Crippen molar-refractivity contribution >= 4 is 17.7 Å². The average molecular weight is 376 g/mol. The van der Waals surface area contributed by atoms with Crippen LogP contribution in [0.25, 0.3) is 0 Å². The van der Waals surface area contributed by atoms with Crippen molar-refractivity contribution in [2.75, 3.05) is 12.8 Å². The van der Waals surface area contributed by atoms with Crippen LogP contribution in [-0.2, 0) is 17.8 Å². The Morgan fingerprint density at radius 1 is 1.27 bits per heavy atom. The van der Waals surface area contributed by atoms with Gasteiger partial charge in [0, 0.05) is 19.5 Å². The lowest BCUT2D eigenvalue weighted by atomic mass is 10.1. The van der Waals surface area contributed by atoms with Crippen molar-refractivity contribution in [2.24, 2.45) is 11.7 Å². The highest BCUT2D eigenvalue weighted by Gasteiger charge is 2.16. The average Bonchev–Trinajstić information content (AvgIpc) is 2.99. The molecule has 1 atom stereocenters. The zero-order valence-corrected chi connectivity index (χ0v) is 16.8. The Hall–Kier alpha value is -1.86. The summed E-state index contributed by atoms with van der Waals surface area (Å²) >= 11 is 1.61. The van der Waals surface area contributed by atoms with E-state index in [1.165, 1.54) is 0 Å². The van der Waals surface area contributed by atoms with Crippen LogP contribution in [0.15, 0.2) is 29.4 Å². The summed E-state index contributed by atoms with van der Waals surface area (Å²) in [5.74, 6) is 1.35. The molecule has 0 fully saturated rings. The molecule has 1 heterocycles. The van der Waals surface area contributed by atoms with Gasteiger partial charge in [0.25, 0.3) is 0 Å². The first-order valence-electron chi connectivity index (χ1n) is 8.98. The summed E-state index contributed by atoms with van der Waals surface area (Å²) in [6.07, 6.45) is 3.59. The third-order valence-corrected chi connectivity index (χ3v) is 4.79. The van der Waals surface area contributed by atoms with E-state index >= 15 is 0 Å². The third-order valence-electron chi connectivity index (χ3n) is 4.12. The van der Waals surface area contributed by atoms with Gasteiger partial charge in [0.1, 0.15) is 11.9 Å². The Kier molecular flexibility index (Phi) is 7.66. The highest BCUT2D eigenvalue weighted by Crippen LogP contribution is 2.17. The Labute approximate surface area is 160 Å². The fourth-order valence-corrected chi connectivity index (χ4v) is 3.22. The number of aromatic nitrogens is 3. The number of hydrogen-bond donors (Lipinski definition) is 2. The largest absolute Gasteiger partial charge is 0.354 e. The van der Waals surface area contributed by atoms with Crippen LogP contribution in [0, 0.1) is 12.8 Å². The number of amides is 1. The predicted octanol–water partition coefficient (Wildman–Crippen LogP) is 2.71. The molecule has 2 rings (SSSR count). The molecule has 2 aromatic rings. The number of rotatable bonds is 9. The number of nitrogens with one attached hydrogen (secondary N) is 1. The maximum Gasteiger partial charge on any atom is 0.241 e. The van der Waals surface area contributed by atoms with Gasteiger partial charge in [-0.15, -0.1) is 10.2 Å². The van der Waals surface area contributed by atoms with Crippen molar-refractivity contribution in [3.63, 3.8) is 0 Å². The van der Waals surface area contributed by atoms with Crippen molar-refractivity contribution < 1.29 is 4.79 Å². The molecule has 0 aliphatic carbocycles. The Morgan fingerprint density at radius 3 is 2.58 bits per heavy atom. The van der Waals surface area contributed by atoms with Gasteiger partial charge in [-0.25, -0.2) is 0 Å². The minimum Gasteiger partial charge on any atom is -0.354 e. The Balaban J connectivity index is 1.84. The first-order chi connectivity index (χ1) is 12.4. The minimum absolute atomic E-state index is 0.151. The summed E-state index contributed by atoms with van der Waals surface area (Å²) in [7, 11) is 0. The van der Waals surface area contributed by atoms with E-state index in [1.54, 1.807) is 11.8 Å². The molecule has 1 unspecified atom stereocenters. The summed E-state index contributed by atoms with van der Waals surface area (Å²) in [4.78, 5) is 12.2. The fraction of sp³-hybridized carbons (Fsp3) is 0.526. The Bertz CT molecular complexity index is 711. The van der Waals surface area contributed by atoms with Crippen LogP contribution >= 0.6 is 11.8 Å². The van der Waals surface area contributed by atoms with E-state index in [2.05, 4.69) is 33.9 Å². The monoisotopic (exact) mass is 375 g/mol. The topological polar surface area (TPSA) is 85.8 Å². The number of nitrogens with zero attached hydrogens (tertiary/aromatic N) is 3. The quantitative estimate of drug-likeness (QED) is 0.520. The molecule has 0 saturated carbocycles. The number of thioether (sulfide) groups is 1. The van der Waals surface area contributed by atoms with Gasteiger partial charge in [0.2, 0.25) is 5.91 Å². The van der Waals surface area contributed by atoms with Gasteiger partial charge in [0.05, 0.1) is 0 Å². The van der Waals surface area contributed by atoms with Crippen LogP contribution in [0.1, 0.15) is 43.3 Å². The van der Waals surface area contributed by atoms with E-state index in [0.29, 0.717) is 12.5 Å². The number of aryl methyl sites for hydroxylation is 2. The normalized spacial score (nSPS) is 12.4. The van der Waals surface area contributed by atoms with Crippen molar-refractivity contribution in [3.05, 3.63) is 41.2 Å². The van der Waals surface area contributed by atoms with Crippen molar-refractivity contribution in [1.82, 2.24) is 20.1 Å². The first kappa shape index (κ1) is 20.5. The van der Waals surface area contributed by atoms with E-state index < -0.39 is 6.04 Å². The molecular weight excluding hydrogens is 346 g/mol. The predicted molar refractivity (Wildman–Crippen MR) is 106 cm³/mol. The maximum atomic E-state index is 12.2. The van der Waals surface area contributed by atoms with Crippen molar-refractivity contribution in [1.29, 1.82) is 0 Å². The Morgan fingerprint density at radius 2 is 1.96 bits per heavy atom. The summed E-state index contributed by atoms with van der Waals surface area (Å²) in [6, 6.07) is 7.10. The van der Waals surface area contributed by atoms with Gasteiger partial charge in [-0.1, -0.05) is 55.4 Å². The van der Waals surface area contributed by atoms with Crippen molar-refractivity contribution in [2.45, 2.75) is 51.4 Å². The second-order valence-electron chi connectivity index (χ2n) is 6.89. The lowest BCUT2D eigenvalue weighted by Gasteiger charge is -2.14. The van der Waals surface area contributed by atoms with Crippen molar-refractivity contribution in [3.8, 4) is 0 Å². The molecule has 0 aliphatic heterocycles. The molecule has 6 nitrogen and oxygen atoms in total. The number of nitrogens with two attached hydrogens (primary N) is 1. The van der Waals surface area contributed by atoms with Crippen LogP contribution in [0.5, 0.6) is 0 Å². The highest BCUT2D eigenvalue weighted by atomic mass is 32.2. The number of carbonyl (C=O) groups excluding carboxylic acids is 1. The smallest absolute Gasteiger partial charge is 0.241 e. The van der Waals surface area contributed by atoms with E-state index in [1.807, 2.05) is 37.4 Å². The molecule has 0 saturated heterocycles. The zero-order chi connectivity index (χ0) is 19.1. The van der Waals surface area contributed by atoms with Crippen LogP contribution in [0.2, 0.25) is 0 Å². The number of hydrogen-bond acceptors (Lipinski definition) is 5. The fourth-order valence-electron chi connectivity index (χ4n) is 2.70. The summed E-state index contributed by atoms with van der Waals surface area (Å²) in [6.45, 7) is 7.85. The minimum atomic E-state index is -0.636. The molecule has 0 aliphatic rings. The van der Waals surface area contributed by atoms with Crippen LogP contribution in [0.3, 0.4) is 0 Å². The van der Waals surface area contributed by atoms with E-state index in [-0.39, 0.29) is 5.91 Å². The summed E-state index contributed by atoms with van der Waals surface area (Å²) < 4.78 is 2.18. The highest BCUT2D eigenvalue weighted by molar-refractivity contribution is 7.98. The third kappa shape index (κ3) is 5.57. The molecule has 1 aromatic heterocycles. The van der Waals surface area contributed by atoms with Crippen LogP contribution in [-0.4, -0.2) is 33.5 Å². The van der Waals surface area contributed by atoms with Gasteiger partial charge in [-0.3, -0.25) is 4.79 Å². The molecule has 0 bridgehead atoms. The van der Waals surface area contributed by atoms with Gasteiger partial charge >= 0.3 is 0 Å². The molecule has 0 spiro atoms. The maximum absolute atomic E-state index is 12.2. The van der Waals surface area contributed by atoms with E-state index in [4.69, 9.17) is 5.73 Å². The van der Waals surface area contributed by atoms with Gasteiger partial charge in [-0.05, 0) is 31.1 Å². The number of carbonyl (C=O) groups is 1. The van der Waals surface area contributed by atoms with Gasteiger partial charge in [-0.2, -0.15) is 0 Å². The molecule has 26 heavy (non-hydrogen) atoms. The summed E-state index contributed by atoms with van der Waals surface area (Å²) in [5.41, 5.74) is 8.02. The SMILES string of the molecule is CSc1nnc(CCCNC(=O)C(N)c2ccc(C)cc2)n1CC(C)C. The molecule has 1 aromatic carbocycles. The molecule has 7 heteroatoms. The lowest BCUT2D eigenvalue weighted by Crippen LogP contribution is -2.34. The zero-order valence-electron chi connectivity index (χ0n) is 16.0. The van der Waals surface area contributed by atoms with E-state index in [0.717, 1.165) is 41.5 Å². The lowest BCUT2D eigenvalue weighted by molar-refractivity contribution is -0.122. The van der Waals surface area contributed by atoms with Gasteiger partial charge in [0.15, 0.2) is 5.16 Å². The molecule has 142 valence electrons. The van der Waals surface area contributed by atoms with Crippen LogP contribution < -0.4 is 11.1 Å². The van der Waals surface area contributed by atoms with Gasteiger partial charge < -0.3 is 15.6 Å². The summed E-state index contributed by atoms with van der Waals surface area (Å²) in [5, 5.41) is 12.4. The number of benzene rings is 1. The molecule has 0 radical (unpaired) electrons. The second-order valence-corrected chi connectivity index (χ2v) is 7.66. The van der Waals surface area contributed by atoms with E-state index in [9.17, 15) is 4.79 Å². The molecule has 1 amide bonds. The first-order valence-corrected chi connectivity index (χ1v) is 10.2. The molecule has 3 N–H and O–H groups in total.